The first-order valence-corrected chi connectivity index (χ1v) is 6.46. The van der Waals surface area contributed by atoms with E-state index in [1.165, 1.54) is 0 Å². The number of methoxy groups -OCH3 is 1. The summed E-state index contributed by atoms with van der Waals surface area (Å²) in [4.78, 5) is 11.9. The molecule has 2 aromatic rings. The second kappa shape index (κ2) is 7.01. The highest BCUT2D eigenvalue weighted by Crippen LogP contribution is 2.16. The van der Waals surface area contributed by atoms with E-state index in [9.17, 15) is 4.79 Å². The third kappa shape index (κ3) is 4.29. The Hall–Kier alpha value is -2.93. The Morgan fingerprint density at radius 2 is 1.95 bits per heavy atom. The second-order valence-corrected chi connectivity index (χ2v) is 4.36. The quantitative estimate of drug-likeness (QED) is 0.828. The average Bonchev–Trinajstić information content (AvgIpc) is 2.53. The van der Waals surface area contributed by atoms with Crippen molar-refractivity contribution < 1.29 is 9.53 Å². The van der Waals surface area contributed by atoms with E-state index in [0.717, 1.165) is 11.3 Å². The number of benzene rings is 2. The number of carbonyl (C=O) groups excluding carboxylic acids is 1. The summed E-state index contributed by atoms with van der Waals surface area (Å²) in [5, 5.41) is 5.82. The average molecular weight is 280 g/mol. The van der Waals surface area contributed by atoms with Crippen molar-refractivity contribution in [1.82, 2.24) is 0 Å². The molecule has 4 nitrogen and oxygen atoms in total. The van der Waals surface area contributed by atoms with Crippen molar-refractivity contribution in [3.63, 3.8) is 0 Å². The fourth-order valence-electron chi connectivity index (χ4n) is 1.81. The van der Waals surface area contributed by atoms with E-state index >= 15 is 0 Å². The highest BCUT2D eigenvalue weighted by molar-refractivity contribution is 5.93. The third-order valence-corrected chi connectivity index (χ3v) is 2.84. The molecule has 0 heterocycles. The largest absolute Gasteiger partial charge is 0.497 e. The van der Waals surface area contributed by atoms with Crippen LogP contribution >= 0.6 is 0 Å². The van der Waals surface area contributed by atoms with Gasteiger partial charge in [-0.05, 0) is 30.3 Å². The molecule has 0 unspecified atom stereocenters. The summed E-state index contributed by atoms with van der Waals surface area (Å²) in [5.74, 6) is 3.11. The molecule has 2 N–H and O–H groups in total. The van der Waals surface area contributed by atoms with Crippen molar-refractivity contribution in [2.45, 2.75) is 0 Å². The van der Waals surface area contributed by atoms with Crippen molar-refractivity contribution in [3.8, 4) is 18.1 Å². The van der Waals surface area contributed by atoms with E-state index < -0.39 is 0 Å². The Morgan fingerprint density at radius 1 is 1.19 bits per heavy atom. The van der Waals surface area contributed by atoms with Gasteiger partial charge < -0.3 is 15.4 Å². The molecule has 0 saturated carbocycles. The van der Waals surface area contributed by atoms with Crippen molar-refractivity contribution >= 4 is 17.3 Å². The van der Waals surface area contributed by atoms with Gasteiger partial charge in [-0.1, -0.05) is 18.1 Å². The van der Waals surface area contributed by atoms with E-state index in [-0.39, 0.29) is 12.5 Å². The number of anilines is 2. The Labute approximate surface area is 124 Å². The minimum atomic E-state index is -0.144. The van der Waals surface area contributed by atoms with Crippen LogP contribution in [0.3, 0.4) is 0 Å². The predicted molar refractivity (Wildman–Crippen MR) is 84.5 cm³/mol. The summed E-state index contributed by atoms with van der Waals surface area (Å²) in [5.41, 5.74) is 2.28. The topological polar surface area (TPSA) is 50.4 Å². The summed E-state index contributed by atoms with van der Waals surface area (Å²) in [6.07, 6.45) is 5.34. The highest BCUT2D eigenvalue weighted by Gasteiger charge is 2.03. The third-order valence-electron chi connectivity index (χ3n) is 2.84. The van der Waals surface area contributed by atoms with E-state index in [4.69, 9.17) is 11.2 Å². The lowest BCUT2D eigenvalue weighted by Gasteiger charge is -2.09. The number of terminal acetylenes is 1. The fourth-order valence-corrected chi connectivity index (χ4v) is 1.81. The van der Waals surface area contributed by atoms with Gasteiger partial charge in [0.05, 0.1) is 13.7 Å². The molecule has 2 rings (SSSR count). The first-order valence-electron chi connectivity index (χ1n) is 6.46. The molecule has 0 fully saturated rings. The van der Waals surface area contributed by atoms with Crippen LogP contribution in [0, 0.1) is 12.3 Å². The van der Waals surface area contributed by atoms with Crippen LogP contribution in [0.15, 0.2) is 48.5 Å². The second-order valence-electron chi connectivity index (χ2n) is 4.36. The minimum absolute atomic E-state index is 0.144. The number of ether oxygens (including phenoxy) is 1. The number of amides is 1. The molecule has 0 aromatic heterocycles. The molecule has 0 atom stereocenters. The van der Waals surface area contributed by atoms with Gasteiger partial charge in [0.15, 0.2) is 0 Å². The van der Waals surface area contributed by atoms with Crippen molar-refractivity contribution in [2.75, 3.05) is 24.3 Å². The number of hydrogen-bond acceptors (Lipinski definition) is 3. The van der Waals surface area contributed by atoms with E-state index in [1.54, 1.807) is 19.2 Å². The van der Waals surface area contributed by atoms with Crippen LogP contribution < -0.4 is 15.4 Å². The molecule has 0 aliphatic carbocycles. The summed E-state index contributed by atoms with van der Waals surface area (Å²) >= 11 is 0. The van der Waals surface area contributed by atoms with Gasteiger partial charge in [0, 0.05) is 23.0 Å². The van der Waals surface area contributed by atoms with Gasteiger partial charge in [-0.3, -0.25) is 4.79 Å². The lowest BCUT2D eigenvalue weighted by molar-refractivity contribution is -0.114. The van der Waals surface area contributed by atoms with E-state index in [0.29, 0.717) is 11.4 Å². The number of nitrogens with one attached hydrogen (secondary N) is 2. The van der Waals surface area contributed by atoms with Gasteiger partial charge in [-0.25, -0.2) is 0 Å². The molecule has 0 aliphatic heterocycles. The molecule has 2 aromatic carbocycles. The normalized spacial score (nSPS) is 9.52. The first-order chi connectivity index (χ1) is 10.2. The lowest BCUT2D eigenvalue weighted by Crippen LogP contribution is -2.21. The minimum Gasteiger partial charge on any atom is -0.497 e. The molecule has 1 amide bonds. The molecular weight excluding hydrogens is 264 g/mol. The fraction of sp³-hybridized carbons (Fsp3) is 0.118. The maximum Gasteiger partial charge on any atom is 0.243 e. The SMILES string of the molecule is C#Cc1cccc(NCC(=O)Nc2cccc(OC)c2)c1. The van der Waals surface area contributed by atoms with Crippen molar-refractivity contribution in [3.05, 3.63) is 54.1 Å². The van der Waals surface area contributed by atoms with Crippen LogP contribution in [-0.2, 0) is 4.79 Å². The number of hydrogen-bond donors (Lipinski definition) is 2. The summed E-state index contributed by atoms with van der Waals surface area (Å²) in [6.45, 7) is 0.158. The van der Waals surface area contributed by atoms with Gasteiger partial charge in [0.25, 0.3) is 0 Å². The van der Waals surface area contributed by atoms with Crippen LogP contribution in [0.1, 0.15) is 5.56 Å². The molecule has 0 radical (unpaired) electrons. The summed E-state index contributed by atoms with van der Waals surface area (Å²) < 4.78 is 5.11. The van der Waals surface area contributed by atoms with Crippen LogP contribution in [0.25, 0.3) is 0 Å². The van der Waals surface area contributed by atoms with Gasteiger partial charge in [0.1, 0.15) is 5.75 Å². The zero-order chi connectivity index (χ0) is 15.1. The van der Waals surface area contributed by atoms with Crippen LogP contribution in [0.4, 0.5) is 11.4 Å². The Bertz CT molecular complexity index is 674. The van der Waals surface area contributed by atoms with Crippen LogP contribution in [0.2, 0.25) is 0 Å². The van der Waals surface area contributed by atoms with Gasteiger partial charge >= 0.3 is 0 Å². The smallest absolute Gasteiger partial charge is 0.243 e. The molecule has 106 valence electrons. The van der Waals surface area contributed by atoms with Gasteiger partial charge in [0.2, 0.25) is 5.91 Å². The maximum absolute atomic E-state index is 11.9. The Morgan fingerprint density at radius 3 is 2.71 bits per heavy atom. The Balaban J connectivity index is 1.91. The molecule has 21 heavy (non-hydrogen) atoms. The molecule has 0 aliphatic rings. The maximum atomic E-state index is 11.9. The van der Waals surface area contributed by atoms with Crippen molar-refractivity contribution in [2.24, 2.45) is 0 Å². The molecule has 4 heteroatoms. The standard InChI is InChI=1S/C17H16N2O2/c1-3-13-6-4-7-14(10-13)18-12-17(20)19-15-8-5-9-16(11-15)21-2/h1,4-11,18H,12H2,2H3,(H,19,20). The molecular formula is C17H16N2O2. The van der Waals surface area contributed by atoms with Crippen LogP contribution in [-0.4, -0.2) is 19.6 Å². The zero-order valence-electron chi connectivity index (χ0n) is 11.7. The van der Waals surface area contributed by atoms with E-state index in [1.807, 2.05) is 36.4 Å². The lowest BCUT2D eigenvalue weighted by atomic mass is 10.2. The summed E-state index contributed by atoms with van der Waals surface area (Å²) in [6, 6.07) is 14.6. The molecule has 0 saturated heterocycles. The number of rotatable bonds is 5. The van der Waals surface area contributed by atoms with E-state index in [2.05, 4.69) is 16.6 Å². The zero-order valence-corrected chi connectivity index (χ0v) is 11.7. The Kier molecular flexibility index (Phi) is 4.84. The first kappa shape index (κ1) is 14.5. The number of carbonyl (C=O) groups is 1. The predicted octanol–water partition coefficient (Wildman–Crippen LogP) is 2.73. The summed E-state index contributed by atoms with van der Waals surface area (Å²) in [7, 11) is 1.58. The monoisotopic (exact) mass is 280 g/mol. The van der Waals surface area contributed by atoms with Gasteiger partial charge in [-0.2, -0.15) is 0 Å². The highest BCUT2D eigenvalue weighted by atomic mass is 16.5. The molecule has 0 bridgehead atoms. The van der Waals surface area contributed by atoms with Crippen LogP contribution in [0.5, 0.6) is 5.75 Å². The molecule has 0 spiro atoms. The van der Waals surface area contributed by atoms with Gasteiger partial charge in [-0.15, -0.1) is 6.42 Å². The van der Waals surface area contributed by atoms with Crippen molar-refractivity contribution in [1.29, 1.82) is 0 Å².